The van der Waals surface area contributed by atoms with E-state index in [4.69, 9.17) is 5.11 Å². The number of hydrogen-bond acceptors (Lipinski definition) is 3. The molecule has 1 saturated heterocycles. The highest BCUT2D eigenvalue weighted by atomic mass is 16.4. The van der Waals surface area contributed by atoms with Gasteiger partial charge in [0.05, 0.1) is 6.04 Å². The number of β-lactam (4-membered cyclic amide) rings is 1. The molecule has 0 radical (unpaired) electrons. The summed E-state index contributed by atoms with van der Waals surface area (Å²) >= 11 is 0. The van der Waals surface area contributed by atoms with Gasteiger partial charge in [-0.25, -0.2) is 4.79 Å². The molecule has 1 aromatic heterocycles. The fourth-order valence-electron chi connectivity index (χ4n) is 1.68. The largest absolute Gasteiger partial charge is 0.465 e. The zero-order chi connectivity index (χ0) is 11.5. The Kier molecular flexibility index (Phi) is 2.72. The number of nitrogens with one attached hydrogen (secondary N) is 2. The molecule has 84 valence electrons. The predicted molar refractivity (Wildman–Crippen MR) is 54.8 cm³/mol. The summed E-state index contributed by atoms with van der Waals surface area (Å²) in [6.45, 7) is 0. The Morgan fingerprint density at radius 2 is 2.44 bits per heavy atom. The molecule has 6 heteroatoms. The van der Waals surface area contributed by atoms with Crippen LogP contribution in [0, 0.1) is 0 Å². The Labute approximate surface area is 91.7 Å². The Morgan fingerprint density at radius 1 is 1.62 bits per heavy atom. The molecule has 0 saturated carbocycles. The summed E-state index contributed by atoms with van der Waals surface area (Å²) in [5.74, 6) is -0.281. The monoisotopic (exact) mass is 221 g/mol. The van der Waals surface area contributed by atoms with Gasteiger partial charge in [-0.15, -0.1) is 0 Å². The number of nitrogens with zero attached hydrogens (tertiary/aromatic N) is 1. The lowest BCUT2D eigenvalue weighted by Gasteiger charge is -2.36. The summed E-state index contributed by atoms with van der Waals surface area (Å²) in [4.78, 5) is 25.5. The van der Waals surface area contributed by atoms with Crippen LogP contribution in [0.15, 0.2) is 24.5 Å². The van der Waals surface area contributed by atoms with Crippen molar-refractivity contribution in [2.75, 3.05) is 0 Å². The maximum absolute atomic E-state index is 11.1. The molecule has 2 heterocycles. The van der Waals surface area contributed by atoms with E-state index in [1.54, 1.807) is 18.5 Å². The molecule has 1 aliphatic heterocycles. The smallest absolute Gasteiger partial charge is 0.405 e. The lowest BCUT2D eigenvalue weighted by atomic mass is 9.93. The molecule has 0 spiro atoms. The van der Waals surface area contributed by atoms with Crippen LogP contribution in [-0.2, 0) is 11.2 Å². The molecule has 1 fully saturated rings. The van der Waals surface area contributed by atoms with E-state index < -0.39 is 12.1 Å². The van der Waals surface area contributed by atoms with Crippen LogP contribution in [0.25, 0.3) is 0 Å². The Balaban J connectivity index is 1.96. The van der Waals surface area contributed by atoms with Crippen molar-refractivity contribution in [3.8, 4) is 0 Å². The number of carbonyl (C=O) groups is 2. The van der Waals surface area contributed by atoms with Crippen molar-refractivity contribution in [1.82, 2.24) is 15.6 Å². The molecule has 3 N–H and O–H groups in total. The number of carbonyl (C=O) groups excluding carboxylic acids is 1. The lowest BCUT2D eigenvalue weighted by molar-refractivity contribution is -0.131. The van der Waals surface area contributed by atoms with Gasteiger partial charge in [-0.1, -0.05) is 6.07 Å². The Hall–Kier alpha value is -2.11. The molecule has 1 aromatic rings. The van der Waals surface area contributed by atoms with Crippen molar-refractivity contribution < 1.29 is 14.7 Å². The average Bonchev–Trinajstić information content (AvgIpc) is 2.27. The lowest BCUT2D eigenvalue weighted by Crippen LogP contribution is -2.69. The minimum absolute atomic E-state index is 0.187. The predicted octanol–water partition coefficient (Wildman–Crippen LogP) is -0.241. The number of hydrogen-bond donors (Lipinski definition) is 3. The van der Waals surface area contributed by atoms with Crippen molar-refractivity contribution in [1.29, 1.82) is 0 Å². The van der Waals surface area contributed by atoms with Gasteiger partial charge in [-0.3, -0.25) is 9.78 Å². The van der Waals surface area contributed by atoms with E-state index in [1.807, 2.05) is 6.07 Å². The summed E-state index contributed by atoms with van der Waals surface area (Å²) in [6, 6.07) is 2.84. The van der Waals surface area contributed by atoms with Crippen LogP contribution >= 0.6 is 0 Å². The number of rotatable bonds is 3. The highest BCUT2D eigenvalue weighted by molar-refractivity contribution is 5.92. The maximum atomic E-state index is 11.1. The van der Waals surface area contributed by atoms with Gasteiger partial charge in [-0.05, 0) is 18.1 Å². The first-order chi connectivity index (χ1) is 7.66. The maximum Gasteiger partial charge on any atom is 0.405 e. The van der Waals surface area contributed by atoms with Crippen LogP contribution < -0.4 is 10.6 Å². The molecule has 16 heavy (non-hydrogen) atoms. The first-order valence-corrected chi connectivity index (χ1v) is 4.85. The molecular weight excluding hydrogens is 210 g/mol. The van der Waals surface area contributed by atoms with Gasteiger partial charge in [-0.2, -0.15) is 0 Å². The average molecular weight is 221 g/mol. The van der Waals surface area contributed by atoms with E-state index in [2.05, 4.69) is 15.6 Å². The molecular formula is C10H11N3O3. The fourth-order valence-corrected chi connectivity index (χ4v) is 1.68. The second kappa shape index (κ2) is 4.18. The molecule has 0 aliphatic carbocycles. The quantitative estimate of drug-likeness (QED) is 0.614. The minimum Gasteiger partial charge on any atom is -0.465 e. The van der Waals surface area contributed by atoms with E-state index in [9.17, 15) is 9.59 Å². The van der Waals surface area contributed by atoms with Crippen LogP contribution in [0.5, 0.6) is 0 Å². The summed E-state index contributed by atoms with van der Waals surface area (Å²) in [6.07, 6.45) is 2.75. The van der Waals surface area contributed by atoms with Crippen LogP contribution in [0.4, 0.5) is 4.79 Å². The second-order valence-corrected chi connectivity index (χ2v) is 3.61. The van der Waals surface area contributed by atoms with Crippen molar-refractivity contribution >= 4 is 12.0 Å². The molecule has 2 atom stereocenters. The first-order valence-electron chi connectivity index (χ1n) is 4.85. The van der Waals surface area contributed by atoms with E-state index in [0.717, 1.165) is 5.56 Å². The van der Waals surface area contributed by atoms with E-state index >= 15 is 0 Å². The molecule has 1 aliphatic rings. The number of amides is 2. The summed E-state index contributed by atoms with van der Waals surface area (Å²) in [5, 5.41) is 13.4. The molecule has 6 nitrogen and oxygen atoms in total. The second-order valence-electron chi connectivity index (χ2n) is 3.61. The summed E-state index contributed by atoms with van der Waals surface area (Å²) < 4.78 is 0. The van der Waals surface area contributed by atoms with Gasteiger partial charge >= 0.3 is 6.09 Å². The van der Waals surface area contributed by atoms with Crippen molar-refractivity contribution in [3.63, 3.8) is 0 Å². The number of pyridine rings is 1. The van der Waals surface area contributed by atoms with Gasteiger partial charge in [0, 0.05) is 12.4 Å². The molecule has 2 rings (SSSR count). The van der Waals surface area contributed by atoms with Gasteiger partial charge in [0.1, 0.15) is 6.04 Å². The SMILES string of the molecule is O=C(O)N[C@@H]1C(=O)NC1Cc1cccnc1. The first kappa shape index (κ1) is 10.4. The third-order valence-electron chi connectivity index (χ3n) is 2.47. The van der Waals surface area contributed by atoms with E-state index in [0.29, 0.717) is 6.42 Å². The van der Waals surface area contributed by atoms with Crippen LogP contribution in [-0.4, -0.2) is 34.2 Å². The topological polar surface area (TPSA) is 91.3 Å². The van der Waals surface area contributed by atoms with Crippen LogP contribution in [0.1, 0.15) is 5.56 Å². The standard InChI is InChI=1S/C10H11N3O3/c14-9-8(13-10(15)16)7(12-9)4-6-2-1-3-11-5-6/h1-3,5,7-8,13H,4H2,(H,12,14)(H,15,16)/t7?,8-/m0/s1. The van der Waals surface area contributed by atoms with Crippen molar-refractivity contribution in [3.05, 3.63) is 30.1 Å². The van der Waals surface area contributed by atoms with Gasteiger partial charge in [0.25, 0.3) is 0 Å². The zero-order valence-corrected chi connectivity index (χ0v) is 8.38. The summed E-state index contributed by atoms with van der Waals surface area (Å²) in [7, 11) is 0. The van der Waals surface area contributed by atoms with Gasteiger partial charge in [0.2, 0.25) is 5.91 Å². The van der Waals surface area contributed by atoms with Crippen molar-refractivity contribution in [2.45, 2.75) is 18.5 Å². The van der Waals surface area contributed by atoms with Crippen molar-refractivity contribution in [2.24, 2.45) is 0 Å². The molecule has 0 aromatic carbocycles. The number of carboxylic acid groups (broad SMARTS) is 1. The highest BCUT2D eigenvalue weighted by Gasteiger charge is 2.40. The Bertz CT molecular complexity index is 407. The van der Waals surface area contributed by atoms with E-state index in [-0.39, 0.29) is 11.9 Å². The van der Waals surface area contributed by atoms with E-state index in [1.165, 1.54) is 0 Å². The minimum atomic E-state index is -1.18. The Morgan fingerprint density at radius 3 is 3.00 bits per heavy atom. The summed E-state index contributed by atoms with van der Waals surface area (Å²) in [5.41, 5.74) is 0.963. The van der Waals surface area contributed by atoms with Crippen LogP contribution in [0.3, 0.4) is 0 Å². The highest BCUT2D eigenvalue weighted by Crippen LogP contribution is 2.12. The molecule has 0 bridgehead atoms. The third-order valence-corrected chi connectivity index (χ3v) is 2.47. The molecule has 2 amide bonds. The van der Waals surface area contributed by atoms with Gasteiger partial charge < -0.3 is 15.7 Å². The van der Waals surface area contributed by atoms with Crippen LogP contribution in [0.2, 0.25) is 0 Å². The molecule has 1 unspecified atom stereocenters. The van der Waals surface area contributed by atoms with Gasteiger partial charge in [0.15, 0.2) is 0 Å². The fraction of sp³-hybridized carbons (Fsp3) is 0.300. The normalized spacial score (nSPS) is 23.1. The zero-order valence-electron chi connectivity index (χ0n) is 8.38. The number of aromatic nitrogens is 1. The third kappa shape index (κ3) is 2.10.